The van der Waals surface area contributed by atoms with Crippen LogP contribution in [0.1, 0.15) is 38.5 Å². The smallest absolute Gasteiger partial charge is 0.0594 e. The van der Waals surface area contributed by atoms with Gasteiger partial charge in [0.05, 0.1) is 13.2 Å². The molecule has 2 aliphatic carbocycles. The number of hydrogen-bond acceptors (Lipinski definition) is 3. The maximum atomic E-state index is 6.28. The second-order valence-corrected chi connectivity index (χ2v) is 6.05. The summed E-state index contributed by atoms with van der Waals surface area (Å²) in [5.41, 5.74) is 6.61. The van der Waals surface area contributed by atoms with Crippen LogP contribution in [0.2, 0.25) is 0 Å². The minimum Gasteiger partial charge on any atom is -0.379 e. The predicted octanol–water partition coefficient (Wildman–Crippen LogP) is 1.62. The normalized spacial score (nSPS) is 28.8. The van der Waals surface area contributed by atoms with Gasteiger partial charge in [0.15, 0.2) is 0 Å². The van der Waals surface area contributed by atoms with E-state index >= 15 is 0 Å². The molecule has 3 aliphatic rings. The van der Waals surface area contributed by atoms with Crippen molar-refractivity contribution in [1.29, 1.82) is 0 Å². The van der Waals surface area contributed by atoms with Crippen molar-refractivity contribution < 1.29 is 4.74 Å². The summed E-state index contributed by atoms with van der Waals surface area (Å²) >= 11 is 0. The first kappa shape index (κ1) is 11.9. The molecule has 3 heteroatoms. The summed E-state index contributed by atoms with van der Waals surface area (Å²) < 4.78 is 5.52. The lowest BCUT2D eigenvalue weighted by Gasteiger charge is -2.59. The molecule has 1 aliphatic heterocycles. The largest absolute Gasteiger partial charge is 0.379 e. The molecular formula is C14H26N2O. The van der Waals surface area contributed by atoms with Crippen LogP contribution in [0.5, 0.6) is 0 Å². The fourth-order valence-corrected chi connectivity index (χ4v) is 4.11. The van der Waals surface area contributed by atoms with Gasteiger partial charge in [-0.3, -0.25) is 4.90 Å². The van der Waals surface area contributed by atoms with Crippen molar-refractivity contribution in [3.05, 3.63) is 0 Å². The second kappa shape index (κ2) is 4.87. The molecule has 3 fully saturated rings. The van der Waals surface area contributed by atoms with Gasteiger partial charge in [-0.05, 0) is 37.5 Å². The van der Waals surface area contributed by atoms with E-state index in [4.69, 9.17) is 10.5 Å². The van der Waals surface area contributed by atoms with E-state index in [1.54, 1.807) is 0 Å². The molecule has 0 aromatic heterocycles. The molecule has 3 rings (SSSR count). The summed E-state index contributed by atoms with van der Waals surface area (Å²) in [6.45, 7) is 4.87. The van der Waals surface area contributed by atoms with Crippen molar-refractivity contribution in [2.75, 3.05) is 32.8 Å². The Morgan fingerprint density at radius 3 is 1.88 bits per heavy atom. The van der Waals surface area contributed by atoms with E-state index in [1.165, 1.54) is 38.5 Å². The first-order valence-corrected chi connectivity index (χ1v) is 7.41. The average molecular weight is 238 g/mol. The van der Waals surface area contributed by atoms with E-state index in [2.05, 4.69) is 4.90 Å². The van der Waals surface area contributed by atoms with Gasteiger partial charge in [-0.25, -0.2) is 0 Å². The Balaban J connectivity index is 1.81. The molecule has 2 saturated carbocycles. The van der Waals surface area contributed by atoms with Crippen molar-refractivity contribution in [3.8, 4) is 0 Å². The number of nitrogens with zero attached hydrogens (tertiary/aromatic N) is 1. The Labute approximate surface area is 105 Å². The van der Waals surface area contributed by atoms with Gasteiger partial charge in [-0.2, -0.15) is 0 Å². The topological polar surface area (TPSA) is 38.5 Å². The third-order valence-corrected chi connectivity index (χ3v) is 5.55. The van der Waals surface area contributed by atoms with Gasteiger partial charge in [-0.1, -0.05) is 12.8 Å². The first-order valence-electron chi connectivity index (χ1n) is 7.41. The van der Waals surface area contributed by atoms with E-state index in [0.717, 1.165) is 44.7 Å². The first-order chi connectivity index (χ1) is 8.38. The van der Waals surface area contributed by atoms with Crippen LogP contribution in [0.3, 0.4) is 0 Å². The molecule has 0 atom stereocenters. The zero-order valence-corrected chi connectivity index (χ0v) is 10.9. The number of ether oxygens (including phenoxy) is 1. The van der Waals surface area contributed by atoms with Crippen LogP contribution in [-0.4, -0.2) is 43.3 Å². The fourth-order valence-electron chi connectivity index (χ4n) is 4.11. The molecule has 1 saturated heterocycles. The molecule has 0 bridgehead atoms. The van der Waals surface area contributed by atoms with Crippen LogP contribution in [0.25, 0.3) is 0 Å². The number of rotatable bonds is 4. The van der Waals surface area contributed by atoms with Crippen molar-refractivity contribution in [3.63, 3.8) is 0 Å². The lowest BCUT2D eigenvalue weighted by molar-refractivity contribution is -0.105. The van der Waals surface area contributed by atoms with Crippen LogP contribution in [-0.2, 0) is 4.74 Å². The highest BCUT2D eigenvalue weighted by Crippen LogP contribution is 2.50. The monoisotopic (exact) mass is 238 g/mol. The third-order valence-electron chi connectivity index (χ3n) is 5.55. The average Bonchev–Trinajstić information content (AvgIpc) is 2.24. The lowest BCUT2D eigenvalue weighted by atomic mass is 9.58. The zero-order chi connectivity index (χ0) is 11.7. The highest BCUT2D eigenvalue weighted by Gasteiger charge is 2.52. The Morgan fingerprint density at radius 1 is 1.00 bits per heavy atom. The summed E-state index contributed by atoms with van der Waals surface area (Å²) in [6, 6.07) is 0. The molecule has 0 unspecified atom stereocenters. The molecule has 17 heavy (non-hydrogen) atoms. The molecule has 98 valence electrons. The highest BCUT2D eigenvalue weighted by molar-refractivity contribution is 5.07. The van der Waals surface area contributed by atoms with Gasteiger partial charge < -0.3 is 10.5 Å². The van der Waals surface area contributed by atoms with Gasteiger partial charge in [-0.15, -0.1) is 0 Å². The quantitative estimate of drug-likeness (QED) is 0.809. The minimum absolute atomic E-state index is 0.334. The van der Waals surface area contributed by atoms with Gasteiger partial charge in [0, 0.05) is 25.2 Å². The van der Waals surface area contributed by atoms with Gasteiger partial charge in [0.25, 0.3) is 0 Å². The van der Waals surface area contributed by atoms with Crippen molar-refractivity contribution in [2.45, 2.75) is 44.1 Å². The maximum Gasteiger partial charge on any atom is 0.0594 e. The van der Waals surface area contributed by atoms with E-state index < -0.39 is 0 Å². The molecule has 0 amide bonds. The lowest BCUT2D eigenvalue weighted by Crippen LogP contribution is -2.67. The molecule has 0 radical (unpaired) electrons. The molecule has 2 N–H and O–H groups in total. The summed E-state index contributed by atoms with van der Waals surface area (Å²) in [4.78, 5) is 2.70. The minimum atomic E-state index is 0.334. The van der Waals surface area contributed by atoms with Crippen LogP contribution in [0.15, 0.2) is 0 Å². The Morgan fingerprint density at radius 2 is 1.53 bits per heavy atom. The zero-order valence-electron chi connectivity index (χ0n) is 10.9. The number of morpholine rings is 1. The molecule has 3 nitrogen and oxygen atoms in total. The predicted molar refractivity (Wildman–Crippen MR) is 68.9 cm³/mol. The van der Waals surface area contributed by atoms with Crippen LogP contribution in [0, 0.1) is 11.8 Å². The Hall–Kier alpha value is -0.120. The molecular weight excluding hydrogens is 212 g/mol. The summed E-state index contributed by atoms with van der Waals surface area (Å²) in [7, 11) is 0. The van der Waals surface area contributed by atoms with E-state index in [9.17, 15) is 0 Å². The Bertz CT molecular complexity index is 241. The third kappa shape index (κ3) is 1.83. The van der Waals surface area contributed by atoms with Crippen molar-refractivity contribution in [1.82, 2.24) is 4.90 Å². The van der Waals surface area contributed by atoms with Gasteiger partial charge in [0.2, 0.25) is 0 Å². The van der Waals surface area contributed by atoms with Crippen molar-refractivity contribution >= 4 is 0 Å². The fraction of sp³-hybridized carbons (Fsp3) is 1.00. The van der Waals surface area contributed by atoms with E-state index in [1.807, 2.05) is 0 Å². The van der Waals surface area contributed by atoms with Gasteiger partial charge >= 0.3 is 0 Å². The second-order valence-electron chi connectivity index (χ2n) is 6.05. The highest BCUT2D eigenvalue weighted by atomic mass is 16.5. The summed E-state index contributed by atoms with van der Waals surface area (Å²) in [6.07, 6.45) is 8.47. The van der Waals surface area contributed by atoms with Gasteiger partial charge in [0.1, 0.15) is 0 Å². The summed E-state index contributed by atoms with van der Waals surface area (Å²) in [5, 5.41) is 0. The van der Waals surface area contributed by atoms with Crippen LogP contribution in [0.4, 0.5) is 0 Å². The SMILES string of the molecule is NCC(C1CCC1)(C1CCC1)N1CCOCC1. The molecule has 0 aromatic rings. The van der Waals surface area contributed by atoms with Crippen LogP contribution < -0.4 is 5.73 Å². The Kier molecular flexibility index (Phi) is 3.42. The number of nitrogens with two attached hydrogens (primary N) is 1. The van der Waals surface area contributed by atoms with Crippen molar-refractivity contribution in [2.24, 2.45) is 17.6 Å². The van der Waals surface area contributed by atoms with E-state index in [-0.39, 0.29) is 0 Å². The van der Waals surface area contributed by atoms with E-state index in [0.29, 0.717) is 5.54 Å². The standard InChI is InChI=1S/C14H26N2O/c15-11-14(12-3-1-4-12,13-5-2-6-13)16-7-9-17-10-8-16/h12-13H,1-11,15H2. The van der Waals surface area contributed by atoms with Crippen LogP contribution >= 0.6 is 0 Å². The molecule has 1 heterocycles. The maximum absolute atomic E-state index is 6.28. The summed E-state index contributed by atoms with van der Waals surface area (Å²) in [5.74, 6) is 1.74. The molecule has 0 spiro atoms. The molecule has 0 aromatic carbocycles. The number of hydrogen-bond donors (Lipinski definition) is 1.